The molecule has 2 aromatic heterocycles. The third-order valence-corrected chi connectivity index (χ3v) is 23.7. The van der Waals surface area contributed by atoms with E-state index in [0.717, 1.165) is 113 Å². The van der Waals surface area contributed by atoms with Gasteiger partial charge in [0.1, 0.15) is 47.3 Å². The molecule has 4 fully saturated rings. The number of unbranched alkanes of at least 4 members (excludes halogenated alkanes) is 6. The number of hydrogen-bond donors (Lipinski definition) is 6. The Morgan fingerprint density at radius 2 is 0.951 bits per heavy atom. The molecular weight excluding hydrogens is 1430 g/mol. The molecule has 0 saturated carbocycles. The molecule has 12 rings (SSSR count). The van der Waals surface area contributed by atoms with Gasteiger partial charge in [-0.15, -0.1) is 10.2 Å². The highest BCUT2D eigenvalue weighted by atomic mass is 35.5. The van der Waals surface area contributed by atoms with Crippen LogP contribution in [0.15, 0.2) is 95.0 Å². The molecule has 10 atom stereocenters. The lowest BCUT2D eigenvalue weighted by Gasteiger charge is -2.52. The molecule has 0 bridgehead atoms. The van der Waals surface area contributed by atoms with E-state index < -0.39 is 67.9 Å². The van der Waals surface area contributed by atoms with E-state index >= 15 is 0 Å². The van der Waals surface area contributed by atoms with Gasteiger partial charge < -0.3 is 50.5 Å². The van der Waals surface area contributed by atoms with Crippen molar-refractivity contribution in [2.45, 2.75) is 226 Å². The second kappa shape index (κ2) is 33.0. The van der Waals surface area contributed by atoms with E-state index in [1.165, 1.54) is 0 Å². The molecule has 0 spiro atoms. The largest absolute Gasteiger partial charge is 0.484 e. The Balaban J connectivity index is 0.535. The van der Waals surface area contributed by atoms with Crippen LogP contribution in [0.3, 0.4) is 0 Å². The van der Waals surface area contributed by atoms with Crippen LogP contribution in [0.25, 0.3) is 0 Å². The SMILES string of the molecule is CC1(C)O[C@H]2[C@@H](OC(C)(C)O[C@H]2C(=O)NCc2cn(CCCCCCNS(=O)(=O)c3ccc(O[C@H]4c5cc(Cl)cc(Cl)c5C[C@@H]4N4CCC[C@@H](N)C4)cc3)nn2)[C@@H](C(=O)NCc2cn(CCCCCCNS(=O)(=O)c3ccc(O[C@H]4c5cc(Cl)cc(Cl)c5C[C@@H]4N4CCC[C@@H](N)C4)cc3)nn2)O1. The summed E-state index contributed by atoms with van der Waals surface area (Å²) in [5.41, 5.74) is 17.6. The molecule has 554 valence electrons. The number of piperidine rings is 2. The number of aryl methyl sites for hydroxylation is 2. The van der Waals surface area contributed by atoms with Gasteiger partial charge in [0.25, 0.3) is 11.8 Å². The topological polar surface area (TPSA) is 326 Å². The number of likely N-dealkylation sites (tertiary alicyclic amines) is 2. The van der Waals surface area contributed by atoms with Crippen LogP contribution >= 0.6 is 46.4 Å². The van der Waals surface area contributed by atoms with E-state index in [1.807, 2.05) is 12.1 Å². The lowest BCUT2D eigenvalue weighted by atomic mass is 9.96. The number of nitrogens with one attached hydrogen (secondary N) is 4. The highest BCUT2D eigenvalue weighted by molar-refractivity contribution is 7.89. The highest BCUT2D eigenvalue weighted by Gasteiger charge is 2.58. The van der Waals surface area contributed by atoms with Gasteiger partial charge in [0.2, 0.25) is 20.0 Å². The Kier molecular flexibility index (Phi) is 24.6. The molecular formula is C70H92Cl4N14O12S2. The Hall–Kier alpha value is -5.64. The average molecular weight is 1530 g/mol. The molecule has 2 amide bonds. The maximum absolute atomic E-state index is 14.0. The van der Waals surface area contributed by atoms with Crippen molar-refractivity contribution >= 4 is 78.3 Å². The summed E-state index contributed by atoms with van der Waals surface area (Å²) in [5, 5.41) is 25.1. The first-order valence-electron chi connectivity index (χ1n) is 35.3. The zero-order chi connectivity index (χ0) is 72.1. The van der Waals surface area contributed by atoms with Gasteiger partial charge in [0.05, 0.1) is 47.4 Å². The number of carbonyl (C=O) groups is 2. The van der Waals surface area contributed by atoms with E-state index in [-0.39, 0.29) is 72.3 Å². The monoisotopic (exact) mass is 1520 g/mol. The molecule has 6 aliphatic rings. The Labute approximate surface area is 616 Å². The number of amides is 2. The molecule has 6 aromatic rings. The van der Waals surface area contributed by atoms with Crippen LogP contribution in [-0.4, -0.2) is 168 Å². The van der Waals surface area contributed by atoms with Gasteiger partial charge in [-0.2, -0.15) is 0 Å². The highest BCUT2D eigenvalue weighted by Crippen LogP contribution is 2.46. The van der Waals surface area contributed by atoms with Gasteiger partial charge in [-0.05, 0) is 189 Å². The second-order valence-electron chi connectivity index (χ2n) is 28.3. The van der Waals surface area contributed by atoms with E-state index in [0.29, 0.717) is 81.8 Å². The van der Waals surface area contributed by atoms with Gasteiger partial charge in [-0.1, -0.05) is 82.5 Å². The first kappa shape index (κ1) is 76.0. The van der Waals surface area contributed by atoms with Crippen molar-refractivity contribution in [3.8, 4) is 11.5 Å². The van der Waals surface area contributed by atoms with E-state index in [2.05, 4.69) is 50.5 Å². The Morgan fingerprint density at radius 1 is 0.559 bits per heavy atom. The molecule has 4 aliphatic heterocycles. The molecule has 6 heterocycles. The summed E-state index contributed by atoms with van der Waals surface area (Å²) in [5.74, 6) is -2.58. The zero-order valence-electron chi connectivity index (χ0n) is 57.8. The van der Waals surface area contributed by atoms with Crippen LogP contribution < -0.4 is 41.0 Å². The predicted molar refractivity (Wildman–Crippen MR) is 384 cm³/mol. The number of hydrogen-bond acceptors (Lipinski definition) is 20. The minimum atomic E-state index is -3.78. The van der Waals surface area contributed by atoms with Crippen molar-refractivity contribution in [1.82, 2.24) is 59.9 Å². The van der Waals surface area contributed by atoms with Crippen LogP contribution in [0.1, 0.15) is 151 Å². The first-order chi connectivity index (χ1) is 48.7. The van der Waals surface area contributed by atoms with E-state index in [9.17, 15) is 26.4 Å². The Morgan fingerprint density at radius 3 is 1.34 bits per heavy atom. The first-order valence-corrected chi connectivity index (χ1v) is 39.7. The van der Waals surface area contributed by atoms with Crippen LogP contribution in [0, 0.1) is 0 Å². The van der Waals surface area contributed by atoms with E-state index in [1.54, 1.807) is 110 Å². The van der Waals surface area contributed by atoms with Gasteiger partial charge in [0.15, 0.2) is 23.8 Å². The minimum absolute atomic E-state index is 0.00275. The summed E-state index contributed by atoms with van der Waals surface area (Å²) in [7, 11) is -7.56. The lowest BCUT2D eigenvalue weighted by molar-refractivity contribution is -0.411. The number of rotatable bonds is 30. The van der Waals surface area contributed by atoms with Crippen LogP contribution in [0.4, 0.5) is 0 Å². The van der Waals surface area contributed by atoms with Gasteiger partial charge in [0, 0.05) is 82.6 Å². The number of nitrogens with zero attached hydrogens (tertiary/aromatic N) is 8. The molecule has 102 heavy (non-hydrogen) atoms. The van der Waals surface area contributed by atoms with Crippen LogP contribution in [0.2, 0.25) is 20.1 Å². The van der Waals surface area contributed by atoms with E-state index in [4.69, 9.17) is 86.3 Å². The third kappa shape index (κ3) is 18.9. The number of ether oxygens (including phenoxy) is 6. The smallest absolute Gasteiger partial charge is 0.252 e. The summed E-state index contributed by atoms with van der Waals surface area (Å²) in [4.78, 5) is 33.0. The number of nitrogens with two attached hydrogens (primary N) is 2. The summed E-state index contributed by atoms with van der Waals surface area (Å²) in [6.07, 6.45) is 9.58. The van der Waals surface area contributed by atoms with Crippen molar-refractivity contribution in [1.29, 1.82) is 0 Å². The van der Waals surface area contributed by atoms with Crippen LogP contribution in [-0.2, 0) is 87.6 Å². The third-order valence-electron chi connectivity index (χ3n) is 19.6. The van der Waals surface area contributed by atoms with Crippen molar-refractivity contribution in [2.24, 2.45) is 11.5 Å². The number of sulfonamides is 2. The minimum Gasteiger partial charge on any atom is -0.484 e. The maximum atomic E-state index is 14.0. The van der Waals surface area contributed by atoms with Gasteiger partial charge in [-0.3, -0.25) is 28.8 Å². The summed E-state index contributed by atoms with van der Waals surface area (Å²) in [6.45, 7) is 11.6. The molecule has 8 N–H and O–H groups in total. The number of fused-ring (bicyclic) bond motifs is 3. The maximum Gasteiger partial charge on any atom is 0.252 e. The van der Waals surface area contributed by atoms with Crippen molar-refractivity contribution in [3.63, 3.8) is 0 Å². The lowest BCUT2D eigenvalue weighted by Crippen LogP contribution is -2.70. The van der Waals surface area contributed by atoms with Gasteiger partial charge >= 0.3 is 0 Å². The van der Waals surface area contributed by atoms with Gasteiger partial charge in [-0.25, -0.2) is 26.3 Å². The molecule has 26 nitrogen and oxygen atoms in total. The quantitative estimate of drug-likeness (QED) is 0.0230. The summed E-state index contributed by atoms with van der Waals surface area (Å²) >= 11 is 26.3. The average Bonchev–Trinajstić information content (AvgIpc) is 0.913. The number of halogens is 4. The normalized spacial score (nSPS) is 25.0. The molecule has 4 aromatic carbocycles. The molecule has 0 radical (unpaired) electrons. The molecule has 32 heteroatoms. The van der Waals surface area contributed by atoms with Crippen LogP contribution in [0.5, 0.6) is 11.5 Å². The Bertz CT molecular complexity index is 3880. The second-order valence-corrected chi connectivity index (χ2v) is 33.5. The summed E-state index contributed by atoms with van der Waals surface area (Å²) in [6, 6.07) is 20.4. The summed E-state index contributed by atoms with van der Waals surface area (Å²) < 4.78 is 100. The fourth-order valence-corrected chi connectivity index (χ4v) is 18.0. The van der Waals surface area contributed by atoms with Crippen molar-refractivity contribution in [3.05, 3.63) is 139 Å². The number of benzene rings is 4. The standard InChI is InChI=1S/C70H92Cl4N14O12S2/c1-69(2)97-63-64(65(99-69)67(89)77-37-47-41-87(83-81-47)29-11-7-5-9-25-79-101(91,92)51-21-17-49(18-22-51)95-61-55-31-43(71)33-57(73)53(55)35-59(61)85-27-13-15-45(75)39-85)98-70(3,4)100-66(63)68(90)78-38-48-42-88(84-82-48)30-12-8-6-10-26-80-102(93,94)52-23-19-50(20-24-52)96-62-56-32-44(72)34-58(74)54(56)36-60(62)86-28-14-16-46(76)40-86/h17-24,31-34,41-42,45-46,59-66,79-80H,5-16,25-30,35-40,75-76H2,1-4H3,(H,77,89)(H,78,90)/t45-,46-,59+,60+,61+,62+,63-,64+,65-,66+/m1/s1. The predicted octanol–water partition coefficient (Wildman–Crippen LogP) is 8.47. The molecule has 4 saturated heterocycles. The van der Waals surface area contributed by atoms with Crippen molar-refractivity contribution in [2.75, 3.05) is 39.3 Å². The molecule has 0 unspecified atom stereocenters. The fourth-order valence-electron chi connectivity index (χ4n) is 14.7. The van der Waals surface area contributed by atoms with Crippen molar-refractivity contribution < 1.29 is 54.8 Å². The fraction of sp³-hybridized carbons (Fsp3) is 0.571. The number of carbonyl (C=O) groups excluding carboxylic acids is 2. The number of aromatic nitrogens is 6. The zero-order valence-corrected chi connectivity index (χ0v) is 62.4. The molecule has 2 aliphatic carbocycles.